The maximum atomic E-state index is 9.22. The van der Waals surface area contributed by atoms with Crippen LogP contribution in [-0.2, 0) is 4.79 Å². The molecule has 0 aromatic rings. The quantitative estimate of drug-likeness (QED) is 0.656. The lowest BCUT2D eigenvalue weighted by Crippen LogP contribution is -2.49. The van der Waals surface area contributed by atoms with Crippen LogP contribution in [-0.4, -0.2) is 21.1 Å². The Morgan fingerprint density at radius 1 is 0.917 bits per heavy atom. The van der Waals surface area contributed by atoms with Gasteiger partial charge in [-0.25, -0.2) is 0 Å². The minimum atomic E-state index is -0.720. The zero-order valence-corrected chi connectivity index (χ0v) is 11.5. The molecule has 0 unspecified atom stereocenters. The first kappa shape index (κ1) is 14.4. The summed E-state index contributed by atoms with van der Waals surface area (Å²) in [5.41, 5.74) is 4.47. The first-order valence-corrected chi connectivity index (χ1v) is 12.2. The molecule has 1 amide bonds. The molecule has 0 fully saturated rings. The van der Waals surface area contributed by atoms with Gasteiger partial charge in [0.25, 0.3) is 0 Å². The average molecular weight is 205 g/mol. The Kier molecular flexibility index (Phi) is 5.79. The maximum absolute atomic E-state index is 9.22. The van der Waals surface area contributed by atoms with Crippen LogP contribution >= 0.6 is 0 Å². The van der Waals surface area contributed by atoms with E-state index in [0.717, 1.165) is 0 Å². The number of hydrogen-bond donors (Lipinski definition) is 1. The molecule has 0 atom stereocenters. The van der Waals surface area contributed by atoms with Crippen molar-refractivity contribution in [3.8, 4) is 0 Å². The van der Waals surface area contributed by atoms with Crippen molar-refractivity contribution in [2.24, 2.45) is 5.73 Å². The molecule has 74 valence electrons. The summed E-state index contributed by atoms with van der Waals surface area (Å²) in [4.78, 5) is 9.22. The van der Waals surface area contributed by atoms with Crippen LogP contribution in [0, 0.1) is 0 Å². The molecule has 0 aliphatic carbocycles. The van der Waals surface area contributed by atoms with Crippen LogP contribution in [0.5, 0.6) is 0 Å². The summed E-state index contributed by atoms with van der Waals surface area (Å²) in [6.45, 7) is 16.1. The molecule has 0 rings (SSSR count). The van der Waals surface area contributed by atoms with Crippen LogP contribution in [0.1, 0.15) is 6.92 Å². The second-order valence-electron chi connectivity index (χ2n) is 5.11. The molecule has 0 aliphatic rings. The lowest BCUT2D eigenvalue weighted by molar-refractivity contribution is -0.115. The third-order valence-corrected chi connectivity index (χ3v) is 20.2. The number of rotatable bonds is 1. The highest BCUT2D eigenvalue weighted by molar-refractivity contribution is 7.39. The van der Waals surface area contributed by atoms with Crippen molar-refractivity contribution in [2.45, 2.75) is 46.2 Å². The molecule has 2 N–H and O–H groups in total. The summed E-state index contributed by atoms with van der Waals surface area (Å²) in [5.74, 6) is -0.333. The Balaban J connectivity index is 0. The van der Waals surface area contributed by atoms with E-state index in [1.165, 1.54) is 6.92 Å². The predicted molar refractivity (Wildman–Crippen MR) is 61.6 cm³/mol. The van der Waals surface area contributed by atoms with E-state index in [9.17, 15) is 4.79 Å². The summed E-state index contributed by atoms with van der Waals surface area (Å²) >= 11 is 0. The first-order valence-electron chi connectivity index (χ1n) is 4.24. The number of hydrogen-bond acceptors (Lipinski definition) is 1. The Bertz CT molecular complexity index is 128. The summed E-state index contributed by atoms with van der Waals surface area (Å²) in [6, 6.07) is 0. The summed E-state index contributed by atoms with van der Waals surface area (Å²) in [7, 11) is -1.44. The molecule has 0 aromatic heterocycles. The molecule has 0 spiro atoms. The second kappa shape index (κ2) is 4.81. The fourth-order valence-corrected chi connectivity index (χ4v) is 0. The van der Waals surface area contributed by atoms with E-state index >= 15 is 0 Å². The highest BCUT2D eigenvalue weighted by Gasteiger charge is 2.31. The van der Waals surface area contributed by atoms with E-state index in [0.29, 0.717) is 0 Å². The Morgan fingerprint density at radius 3 is 1.00 bits per heavy atom. The van der Waals surface area contributed by atoms with Crippen LogP contribution in [0.2, 0.25) is 39.3 Å². The molecule has 0 radical (unpaired) electrons. The molecular formula is C8H23NOSi2. The van der Waals surface area contributed by atoms with Gasteiger partial charge in [-0.05, 0) is 0 Å². The normalized spacial score (nSPS) is 11.6. The highest BCUT2D eigenvalue weighted by atomic mass is 29.3. The Hall–Kier alpha value is -0.0962. The lowest BCUT2D eigenvalue weighted by Gasteiger charge is -2.30. The number of carbonyl (C=O) groups excluding carboxylic acids is 1. The number of carbonyl (C=O) groups is 1. The van der Waals surface area contributed by atoms with Gasteiger partial charge in [0.15, 0.2) is 0 Å². The van der Waals surface area contributed by atoms with Crippen molar-refractivity contribution in [3.63, 3.8) is 0 Å². The molecule has 2 nitrogen and oxygen atoms in total. The van der Waals surface area contributed by atoms with E-state index in [1.54, 1.807) is 0 Å². The van der Waals surface area contributed by atoms with Crippen LogP contribution < -0.4 is 5.73 Å². The SMILES string of the molecule is CC(N)=O.C[Si](C)(C)[Si](C)(C)C. The molecule has 0 heterocycles. The van der Waals surface area contributed by atoms with Crippen LogP contribution in [0.4, 0.5) is 0 Å². The molecular weight excluding hydrogens is 182 g/mol. The molecule has 0 aromatic carbocycles. The van der Waals surface area contributed by atoms with Gasteiger partial charge >= 0.3 is 0 Å². The molecule has 12 heavy (non-hydrogen) atoms. The third kappa shape index (κ3) is 9.90. The predicted octanol–water partition coefficient (Wildman–Crippen LogP) is 2.23. The fraction of sp³-hybridized carbons (Fsp3) is 0.875. The van der Waals surface area contributed by atoms with E-state index in [-0.39, 0.29) is 5.91 Å². The number of amides is 1. The molecule has 0 aliphatic heterocycles. The second-order valence-corrected chi connectivity index (χ2v) is 23.1. The zero-order chi connectivity index (χ0) is 10.6. The summed E-state index contributed by atoms with van der Waals surface area (Å²) < 4.78 is 0. The van der Waals surface area contributed by atoms with Crippen molar-refractivity contribution >= 4 is 21.1 Å². The summed E-state index contributed by atoms with van der Waals surface area (Å²) in [5, 5.41) is 0. The minimum Gasteiger partial charge on any atom is -0.370 e. The van der Waals surface area contributed by atoms with Gasteiger partial charge in [-0.15, -0.1) is 0 Å². The van der Waals surface area contributed by atoms with Gasteiger partial charge in [0, 0.05) is 22.1 Å². The maximum Gasteiger partial charge on any atom is 0.214 e. The third-order valence-electron chi connectivity index (χ3n) is 2.25. The first-order chi connectivity index (χ1) is 4.98. The van der Waals surface area contributed by atoms with E-state index < -0.39 is 15.2 Å². The van der Waals surface area contributed by atoms with E-state index in [2.05, 4.69) is 45.0 Å². The lowest BCUT2D eigenvalue weighted by atomic mass is 10.8. The molecule has 4 heteroatoms. The van der Waals surface area contributed by atoms with Crippen molar-refractivity contribution in [2.75, 3.05) is 0 Å². The van der Waals surface area contributed by atoms with E-state index in [1.807, 2.05) is 0 Å². The van der Waals surface area contributed by atoms with Crippen LogP contribution in [0.3, 0.4) is 0 Å². The van der Waals surface area contributed by atoms with E-state index in [4.69, 9.17) is 0 Å². The van der Waals surface area contributed by atoms with Gasteiger partial charge in [0.2, 0.25) is 5.91 Å². The van der Waals surface area contributed by atoms with Gasteiger partial charge < -0.3 is 5.73 Å². The molecule has 0 bridgehead atoms. The Morgan fingerprint density at radius 2 is 1.00 bits per heavy atom. The van der Waals surface area contributed by atoms with Crippen molar-refractivity contribution in [1.82, 2.24) is 0 Å². The van der Waals surface area contributed by atoms with Crippen molar-refractivity contribution in [3.05, 3.63) is 0 Å². The highest BCUT2D eigenvalue weighted by Crippen LogP contribution is 2.16. The number of primary amides is 1. The minimum absolute atomic E-state index is 0.333. The number of nitrogens with two attached hydrogens (primary N) is 1. The smallest absolute Gasteiger partial charge is 0.214 e. The monoisotopic (exact) mass is 205 g/mol. The molecule has 0 saturated carbocycles. The standard InChI is InChI=1S/C6H18Si2.C2H5NO/c1-7(2,3)8(4,5)6;1-2(3)4/h1-6H3;1H3,(H2,3,4). The van der Waals surface area contributed by atoms with Crippen molar-refractivity contribution in [1.29, 1.82) is 0 Å². The van der Waals surface area contributed by atoms with Crippen LogP contribution in [0.25, 0.3) is 0 Å². The van der Waals surface area contributed by atoms with Gasteiger partial charge in [-0.1, -0.05) is 39.3 Å². The van der Waals surface area contributed by atoms with Gasteiger partial charge in [0.05, 0.1) is 0 Å². The largest absolute Gasteiger partial charge is 0.370 e. The summed E-state index contributed by atoms with van der Waals surface area (Å²) in [6.07, 6.45) is 0. The average Bonchev–Trinajstić information content (AvgIpc) is 1.55. The van der Waals surface area contributed by atoms with Gasteiger partial charge in [-0.2, -0.15) is 0 Å². The fourth-order valence-electron chi connectivity index (χ4n) is 0. The Labute approximate surface area is 78.4 Å². The van der Waals surface area contributed by atoms with Crippen molar-refractivity contribution < 1.29 is 4.79 Å². The van der Waals surface area contributed by atoms with Crippen LogP contribution in [0.15, 0.2) is 0 Å². The topological polar surface area (TPSA) is 43.1 Å². The van der Waals surface area contributed by atoms with Gasteiger partial charge in [0.1, 0.15) is 0 Å². The van der Waals surface area contributed by atoms with Gasteiger partial charge in [-0.3, -0.25) is 4.79 Å². The zero-order valence-electron chi connectivity index (χ0n) is 9.49. The molecule has 0 saturated heterocycles.